The molecule has 23 heavy (non-hydrogen) atoms. The van der Waals surface area contributed by atoms with Gasteiger partial charge < -0.3 is 23.9 Å². The van der Waals surface area contributed by atoms with Crippen molar-refractivity contribution in [1.29, 1.82) is 0 Å². The van der Waals surface area contributed by atoms with E-state index in [1.807, 2.05) is 0 Å². The molecule has 0 aliphatic rings. The Morgan fingerprint density at radius 1 is 1.17 bits per heavy atom. The van der Waals surface area contributed by atoms with Gasteiger partial charge in [-0.25, -0.2) is 4.79 Å². The SMILES string of the molecule is CC(C)C(O)(C(=O)O)C(C)(C(=O)O)c1ccccc1CN.[H-].[H-].[Na+].[Na+]. The molecule has 8 heteroatoms. The number of rotatable bonds is 6. The molecule has 2 unspecified atom stereocenters. The number of hydrogen-bond acceptors (Lipinski definition) is 4. The summed E-state index contributed by atoms with van der Waals surface area (Å²) in [6.07, 6.45) is 0. The summed E-state index contributed by atoms with van der Waals surface area (Å²) in [5.41, 5.74) is 1.82. The quantitative estimate of drug-likeness (QED) is 0.385. The van der Waals surface area contributed by atoms with Gasteiger partial charge in [-0.15, -0.1) is 0 Å². The smallest absolute Gasteiger partial charge is 1.00 e. The molecule has 0 heterocycles. The van der Waals surface area contributed by atoms with Gasteiger partial charge in [0.1, 0.15) is 5.41 Å². The number of carboxylic acids is 2. The Morgan fingerprint density at radius 3 is 2.00 bits per heavy atom. The molecule has 0 spiro atoms. The molecule has 0 bridgehead atoms. The third kappa shape index (κ3) is 4.19. The van der Waals surface area contributed by atoms with E-state index in [1.54, 1.807) is 18.2 Å². The van der Waals surface area contributed by atoms with Crippen LogP contribution in [-0.2, 0) is 21.5 Å². The van der Waals surface area contributed by atoms with Crippen molar-refractivity contribution in [1.82, 2.24) is 0 Å². The molecule has 0 aromatic heterocycles. The minimum atomic E-state index is -2.47. The maximum absolute atomic E-state index is 11.9. The molecule has 0 fully saturated rings. The Bertz CT molecular complexity index is 577. The van der Waals surface area contributed by atoms with Crippen LogP contribution in [0.5, 0.6) is 0 Å². The molecule has 2 atom stereocenters. The number of carbonyl (C=O) groups is 2. The summed E-state index contributed by atoms with van der Waals surface area (Å²) in [5, 5.41) is 29.9. The molecule has 0 radical (unpaired) electrons. The fourth-order valence-corrected chi connectivity index (χ4v) is 2.71. The number of aliphatic hydroxyl groups is 1. The molecular weight excluding hydrogens is 320 g/mol. The average Bonchev–Trinajstić information content (AvgIpc) is 2.44. The van der Waals surface area contributed by atoms with Gasteiger partial charge in [0, 0.05) is 6.54 Å². The second kappa shape index (κ2) is 9.53. The van der Waals surface area contributed by atoms with Crippen molar-refractivity contribution in [2.75, 3.05) is 0 Å². The van der Waals surface area contributed by atoms with E-state index < -0.39 is 28.9 Å². The molecule has 0 aliphatic carbocycles. The van der Waals surface area contributed by atoms with Gasteiger partial charge >= 0.3 is 71.1 Å². The zero-order valence-electron chi connectivity index (χ0n) is 16.3. The van der Waals surface area contributed by atoms with Crippen molar-refractivity contribution in [3.63, 3.8) is 0 Å². The topological polar surface area (TPSA) is 121 Å². The van der Waals surface area contributed by atoms with E-state index in [0.29, 0.717) is 5.56 Å². The van der Waals surface area contributed by atoms with E-state index in [1.165, 1.54) is 26.8 Å². The largest absolute Gasteiger partial charge is 1.00 e. The van der Waals surface area contributed by atoms with Gasteiger partial charge in [0.05, 0.1) is 0 Å². The fraction of sp³-hybridized carbons (Fsp3) is 0.467. The van der Waals surface area contributed by atoms with Crippen LogP contribution in [0.3, 0.4) is 0 Å². The van der Waals surface area contributed by atoms with E-state index in [0.717, 1.165) is 0 Å². The van der Waals surface area contributed by atoms with Crippen LogP contribution in [0.25, 0.3) is 0 Å². The normalized spacial score (nSPS) is 15.6. The van der Waals surface area contributed by atoms with Crippen LogP contribution in [0, 0.1) is 5.92 Å². The van der Waals surface area contributed by atoms with Crippen LogP contribution in [0.1, 0.15) is 34.8 Å². The minimum Gasteiger partial charge on any atom is -1.00 e. The first kappa shape index (κ1) is 25.3. The molecule has 0 aliphatic heterocycles. The number of aliphatic carboxylic acids is 2. The van der Waals surface area contributed by atoms with Gasteiger partial charge in [0.15, 0.2) is 5.60 Å². The van der Waals surface area contributed by atoms with Crippen molar-refractivity contribution < 1.29 is 86.9 Å². The molecule has 1 rings (SSSR count). The maximum Gasteiger partial charge on any atom is 1.00 e. The first-order valence-electron chi connectivity index (χ1n) is 6.61. The number of carboxylic acid groups (broad SMARTS) is 2. The summed E-state index contributed by atoms with van der Waals surface area (Å²) in [6.45, 7) is 4.21. The van der Waals surface area contributed by atoms with Crippen LogP contribution in [0.2, 0.25) is 0 Å². The molecule has 0 saturated carbocycles. The fourth-order valence-electron chi connectivity index (χ4n) is 2.71. The molecule has 0 saturated heterocycles. The molecular formula is C15H23NNa2O5. The standard InChI is InChI=1S/C15H21NO5.2Na.2H/c1-9(2)15(21,13(19)20)14(3,12(17)18)11-7-5-4-6-10(11)8-16;;;;/h4-7,9,21H,8,16H2,1-3H3,(H,17,18)(H,19,20);;;;/q;2*+1;2*-1. The summed E-state index contributed by atoms with van der Waals surface area (Å²) in [6, 6.07) is 6.40. The number of hydrogen-bond donors (Lipinski definition) is 4. The van der Waals surface area contributed by atoms with Gasteiger partial charge in [-0.1, -0.05) is 38.1 Å². The molecule has 0 amide bonds. The van der Waals surface area contributed by atoms with E-state index in [-0.39, 0.29) is 74.1 Å². The van der Waals surface area contributed by atoms with Gasteiger partial charge in [0.25, 0.3) is 0 Å². The molecule has 1 aromatic carbocycles. The van der Waals surface area contributed by atoms with Gasteiger partial charge in [-0.2, -0.15) is 0 Å². The molecule has 5 N–H and O–H groups in total. The van der Waals surface area contributed by atoms with E-state index in [9.17, 15) is 24.9 Å². The Kier molecular flexibility index (Phi) is 10.5. The first-order valence-corrected chi connectivity index (χ1v) is 6.61. The number of benzene rings is 1. The van der Waals surface area contributed by atoms with E-state index in [2.05, 4.69) is 0 Å². The van der Waals surface area contributed by atoms with Crippen LogP contribution in [0.4, 0.5) is 0 Å². The number of nitrogens with two attached hydrogens (primary N) is 1. The van der Waals surface area contributed by atoms with Crippen molar-refractivity contribution in [2.45, 2.75) is 38.3 Å². The predicted molar refractivity (Wildman–Crippen MR) is 79.0 cm³/mol. The van der Waals surface area contributed by atoms with Gasteiger partial charge in [-0.05, 0) is 24.0 Å². The third-order valence-corrected chi connectivity index (χ3v) is 4.13. The summed E-state index contributed by atoms with van der Waals surface area (Å²) in [5.74, 6) is -3.81. The Labute approximate surface area is 183 Å². The van der Waals surface area contributed by atoms with Crippen LogP contribution in [-0.4, -0.2) is 32.9 Å². The zero-order chi connectivity index (χ0) is 16.4. The summed E-state index contributed by atoms with van der Waals surface area (Å²) < 4.78 is 0. The van der Waals surface area contributed by atoms with Crippen molar-refractivity contribution >= 4 is 11.9 Å². The summed E-state index contributed by atoms with van der Waals surface area (Å²) >= 11 is 0. The Morgan fingerprint density at radius 2 is 1.65 bits per heavy atom. The minimum absolute atomic E-state index is 0. The summed E-state index contributed by atoms with van der Waals surface area (Å²) in [7, 11) is 0. The van der Waals surface area contributed by atoms with Gasteiger partial charge in [-0.3, -0.25) is 4.79 Å². The Balaban J connectivity index is -0.000000551. The van der Waals surface area contributed by atoms with E-state index in [4.69, 9.17) is 5.73 Å². The summed E-state index contributed by atoms with van der Waals surface area (Å²) in [4.78, 5) is 23.5. The second-order valence-corrected chi connectivity index (χ2v) is 5.52. The van der Waals surface area contributed by atoms with Gasteiger partial charge in [0.2, 0.25) is 0 Å². The average molecular weight is 343 g/mol. The van der Waals surface area contributed by atoms with E-state index >= 15 is 0 Å². The van der Waals surface area contributed by atoms with Crippen LogP contribution >= 0.6 is 0 Å². The van der Waals surface area contributed by atoms with Crippen LogP contribution in [0.15, 0.2) is 24.3 Å². The zero-order valence-corrected chi connectivity index (χ0v) is 18.3. The van der Waals surface area contributed by atoms with Crippen molar-refractivity contribution in [3.8, 4) is 0 Å². The monoisotopic (exact) mass is 343 g/mol. The van der Waals surface area contributed by atoms with Crippen LogP contribution < -0.4 is 64.8 Å². The first-order chi connectivity index (χ1) is 9.63. The molecule has 120 valence electrons. The predicted octanol–water partition coefficient (Wildman–Crippen LogP) is -4.81. The van der Waals surface area contributed by atoms with Crippen molar-refractivity contribution in [3.05, 3.63) is 35.4 Å². The third-order valence-electron chi connectivity index (χ3n) is 4.13. The molecule has 6 nitrogen and oxygen atoms in total. The molecule has 1 aromatic rings. The second-order valence-electron chi connectivity index (χ2n) is 5.52. The maximum atomic E-state index is 11.9. The van der Waals surface area contributed by atoms with Crippen molar-refractivity contribution in [2.24, 2.45) is 11.7 Å². The Hall–Kier alpha value is 0.0800.